The van der Waals surface area contributed by atoms with E-state index >= 15 is 0 Å². The van der Waals surface area contributed by atoms with Crippen LogP contribution in [-0.4, -0.2) is 34.9 Å². The highest BCUT2D eigenvalue weighted by molar-refractivity contribution is 5.83. The van der Waals surface area contributed by atoms with Crippen molar-refractivity contribution in [2.75, 3.05) is 7.05 Å². The van der Waals surface area contributed by atoms with Crippen LogP contribution in [-0.2, 0) is 4.79 Å². The molecule has 0 saturated heterocycles. The second-order valence-corrected chi connectivity index (χ2v) is 7.55. The van der Waals surface area contributed by atoms with E-state index in [4.69, 9.17) is 10.9 Å². The number of rotatable bonds is 4. The van der Waals surface area contributed by atoms with Gasteiger partial charge in [-0.3, -0.25) is 4.79 Å². The maximum atomic E-state index is 12.9. The molecule has 0 aliphatic heterocycles. The molecule has 5 nitrogen and oxygen atoms in total. The Balaban J connectivity index is 1.67. The van der Waals surface area contributed by atoms with Gasteiger partial charge in [0, 0.05) is 25.4 Å². The fraction of sp³-hybridized carbons (Fsp3) is 0.875. The quantitative estimate of drug-likeness (QED) is 0.360. The number of amidine groups is 1. The van der Waals surface area contributed by atoms with Crippen LogP contribution in [0.3, 0.4) is 0 Å². The molecular formula is C16H27N3O2. The molecule has 5 heteroatoms. The van der Waals surface area contributed by atoms with Crippen LogP contribution in [0.1, 0.15) is 45.4 Å². The van der Waals surface area contributed by atoms with Gasteiger partial charge in [0.25, 0.3) is 0 Å². The smallest absolute Gasteiger partial charge is 0.226 e. The summed E-state index contributed by atoms with van der Waals surface area (Å²) in [6, 6.07) is -0.0226. The molecule has 1 unspecified atom stereocenters. The molecule has 4 fully saturated rings. The van der Waals surface area contributed by atoms with Crippen LogP contribution < -0.4 is 5.73 Å². The number of nitrogens with two attached hydrogens (primary N) is 1. The van der Waals surface area contributed by atoms with E-state index in [1.54, 1.807) is 0 Å². The van der Waals surface area contributed by atoms with E-state index in [0.29, 0.717) is 18.3 Å². The van der Waals surface area contributed by atoms with Crippen LogP contribution in [0.4, 0.5) is 0 Å². The van der Waals surface area contributed by atoms with E-state index in [9.17, 15) is 4.79 Å². The number of nitrogens with zero attached hydrogens (tertiary/aromatic N) is 2. The SMILES string of the molecule is CC(CC(N)=NO)N(C)C(=O)C1C2CC3CC(C2)CC1C3. The van der Waals surface area contributed by atoms with Gasteiger partial charge in [-0.2, -0.15) is 0 Å². The number of hydrogen-bond donors (Lipinski definition) is 2. The zero-order valence-corrected chi connectivity index (χ0v) is 13.0. The summed E-state index contributed by atoms with van der Waals surface area (Å²) in [5.74, 6) is 3.67. The monoisotopic (exact) mass is 293 g/mol. The van der Waals surface area contributed by atoms with Gasteiger partial charge in [-0.25, -0.2) is 0 Å². The van der Waals surface area contributed by atoms with E-state index in [1.807, 2.05) is 18.9 Å². The Labute approximate surface area is 126 Å². The number of carbonyl (C=O) groups is 1. The van der Waals surface area contributed by atoms with Crippen molar-refractivity contribution < 1.29 is 10.0 Å². The summed E-state index contributed by atoms with van der Waals surface area (Å²) in [5.41, 5.74) is 5.57. The first-order valence-electron chi connectivity index (χ1n) is 8.22. The van der Waals surface area contributed by atoms with Gasteiger partial charge in [-0.15, -0.1) is 0 Å². The molecule has 0 heterocycles. The van der Waals surface area contributed by atoms with Gasteiger partial charge in [-0.05, 0) is 62.7 Å². The number of hydrogen-bond acceptors (Lipinski definition) is 3. The molecule has 3 N–H and O–H groups in total. The molecule has 4 aliphatic rings. The fourth-order valence-electron chi connectivity index (χ4n) is 5.26. The van der Waals surface area contributed by atoms with Crippen molar-refractivity contribution in [3.63, 3.8) is 0 Å². The molecule has 1 amide bonds. The second-order valence-electron chi connectivity index (χ2n) is 7.55. The number of carbonyl (C=O) groups excluding carboxylic acids is 1. The lowest BCUT2D eigenvalue weighted by atomic mass is 9.51. The Morgan fingerprint density at radius 2 is 1.76 bits per heavy atom. The molecular weight excluding hydrogens is 266 g/mol. The summed E-state index contributed by atoms with van der Waals surface area (Å²) in [6.07, 6.45) is 6.85. The van der Waals surface area contributed by atoms with E-state index in [-0.39, 0.29) is 23.7 Å². The minimum absolute atomic E-state index is 0.0226. The van der Waals surface area contributed by atoms with E-state index < -0.39 is 0 Å². The normalized spacial score (nSPS) is 39.3. The van der Waals surface area contributed by atoms with Gasteiger partial charge < -0.3 is 15.8 Å². The molecule has 0 spiro atoms. The highest BCUT2D eigenvalue weighted by Crippen LogP contribution is 2.56. The lowest BCUT2D eigenvalue weighted by Crippen LogP contribution is -2.52. The van der Waals surface area contributed by atoms with E-state index in [0.717, 1.165) is 11.8 Å². The molecule has 1 atom stereocenters. The molecule has 118 valence electrons. The van der Waals surface area contributed by atoms with E-state index in [2.05, 4.69) is 5.16 Å². The topological polar surface area (TPSA) is 78.9 Å². The number of oxime groups is 1. The molecule has 0 aromatic rings. The van der Waals surface area contributed by atoms with Crippen LogP contribution >= 0.6 is 0 Å². The Morgan fingerprint density at radius 1 is 1.24 bits per heavy atom. The van der Waals surface area contributed by atoms with Crippen LogP contribution in [0.15, 0.2) is 5.16 Å². The number of amides is 1. The molecule has 0 radical (unpaired) electrons. The third kappa shape index (κ3) is 2.62. The lowest BCUT2D eigenvalue weighted by Gasteiger charge is -2.54. The summed E-state index contributed by atoms with van der Waals surface area (Å²) in [4.78, 5) is 14.8. The first-order valence-corrected chi connectivity index (χ1v) is 8.22. The van der Waals surface area contributed by atoms with E-state index in [1.165, 1.54) is 32.1 Å². The minimum atomic E-state index is -0.0226. The van der Waals surface area contributed by atoms with Crippen molar-refractivity contribution in [3.8, 4) is 0 Å². The van der Waals surface area contributed by atoms with Gasteiger partial charge in [0.05, 0.1) is 0 Å². The van der Waals surface area contributed by atoms with Crippen molar-refractivity contribution in [1.82, 2.24) is 4.90 Å². The second kappa shape index (κ2) is 5.50. The predicted octanol–water partition coefficient (Wildman–Crippen LogP) is 2.04. The van der Waals surface area contributed by atoms with Gasteiger partial charge in [-0.1, -0.05) is 5.16 Å². The average molecular weight is 293 g/mol. The van der Waals surface area contributed by atoms with Crippen LogP contribution in [0.25, 0.3) is 0 Å². The highest BCUT2D eigenvalue weighted by Gasteiger charge is 2.51. The van der Waals surface area contributed by atoms with Gasteiger partial charge in [0.2, 0.25) is 5.91 Å². The Kier molecular flexibility index (Phi) is 3.84. The van der Waals surface area contributed by atoms with Crippen molar-refractivity contribution >= 4 is 11.7 Å². The molecule has 4 aliphatic carbocycles. The lowest BCUT2D eigenvalue weighted by molar-refractivity contribution is -0.149. The summed E-state index contributed by atoms with van der Waals surface area (Å²) >= 11 is 0. The molecule has 21 heavy (non-hydrogen) atoms. The zero-order chi connectivity index (χ0) is 15.1. The Hall–Kier alpha value is -1.26. The van der Waals surface area contributed by atoms with Gasteiger partial charge in [0.15, 0.2) is 0 Å². The van der Waals surface area contributed by atoms with Crippen LogP contribution in [0.5, 0.6) is 0 Å². The molecule has 0 aromatic carbocycles. The minimum Gasteiger partial charge on any atom is -0.409 e. The molecule has 4 saturated carbocycles. The van der Waals surface area contributed by atoms with Crippen LogP contribution in [0.2, 0.25) is 0 Å². The standard InChI is InChI=1S/C16H27N3O2/c1-9(3-14(17)18-21)19(2)16(20)15-12-5-10-4-11(7-12)8-13(15)6-10/h9-13,15,21H,3-8H2,1-2H3,(H2,17,18). The summed E-state index contributed by atoms with van der Waals surface area (Å²) < 4.78 is 0. The maximum Gasteiger partial charge on any atom is 0.226 e. The fourth-order valence-corrected chi connectivity index (χ4v) is 5.26. The molecule has 4 rings (SSSR count). The van der Waals surface area contributed by atoms with Gasteiger partial charge >= 0.3 is 0 Å². The first kappa shape index (κ1) is 14.7. The third-order valence-electron chi connectivity index (χ3n) is 6.15. The van der Waals surface area contributed by atoms with Crippen molar-refractivity contribution in [2.24, 2.45) is 40.5 Å². The third-order valence-corrected chi connectivity index (χ3v) is 6.15. The Morgan fingerprint density at radius 3 is 2.24 bits per heavy atom. The summed E-state index contributed by atoms with van der Waals surface area (Å²) in [6.45, 7) is 1.96. The first-order chi connectivity index (χ1) is 9.99. The zero-order valence-electron chi connectivity index (χ0n) is 13.0. The molecule has 4 bridgehead atoms. The van der Waals surface area contributed by atoms with Crippen molar-refractivity contribution in [3.05, 3.63) is 0 Å². The highest BCUT2D eigenvalue weighted by atomic mass is 16.4. The van der Waals surface area contributed by atoms with Crippen molar-refractivity contribution in [1.29, 1.82) is 0 Å². The average Bonchev–Trinajstić information content (AvgIpc) is 2.44. The maximum absolute atomic E-state index is 12.9. The van der Waals surface area contributed by atoms with Crippen LogP contribution in [0, 0.1) is 29.6 Å². The summed E-state index contributed by atoms with van der Waals surface area (Å²) in [7, 11) is 1.86. The Bertz CT molecular complexity index is 421. The van der Waals surface area contributed by atoms with Crippen molar-refractivity contribution in [2.45, 2.75) is 51.5 Å². The molecule has 0 aromatic heterocycles. The predicted molar refractivity (Wildman–Crippen MR) is 80.8 cm³/mol. The summed E-state index contributed by atoms with van der Waals surface area (Å²) in [5, 5.41) is 11.7. The van der Waals surface area contributed by atoms with Gasteiger partial charge in [0.1, 0.15) is 5.84 Å². The largest absolute Gasteiger partial charge is 0.409 e.